The lowest BCUT2D eigenvalue weighted by atomic mass is 10.00. The Kier molecular flexibility index (Phi) is 3.87. The second-order valence-corrected chi connectivity index (χ2v) is 7.03. The number of hydrogen-bond acceptors (Lipinski definition) is 3. The van der Waals surface area contributed by atoms with E-state index in [2.05, 4.69) is 54.6 Å². The molecule has 0 spiro atoms. The summed E-state index contributed by atoms with van der Waals surface area (Å²) >= 11 is 0. The first-order chi connectivity index (χ1) is 13.7. The molecule has 0 aliphatic heterocycles. The molecule has 0 unspecified atom stereocenters. The number of ether oxygens (including phenoxy) is 1. The van der Waals surface area contributed by atoms with E-state index < -0.39 is 0 Å². The average Bonchev–Trinajstić information content (AvgIpc) is 2.70. The van der Waals surface area contributed by atoms with Crippen molar-refractivity contribution >= 4 is 32.5 Å². The smallest absolute Gasteiger partial charge is 0.336 e. The SMILES string of the molecule is Cc1cc(=O)oc2cc(OCc3cccc4cc5ccccc5cc34)ccc12. The average molecular weight is 366 g/mol. The predicted octanol–water partition coefficient (Wildman–Crippen LogP) is 5.99. The summed E-state index contributed by atoms with van der Waals surface area (Å²) in [6.45, 7) is 2.34. The van der Waals surface area contributed by atoms with E-state index >= 15 is 0 Å². The third kappa shape index (κ3) is 2.91. The van der Waals surface area contributed by atoms with Crippen molar-refractivity contribution < 1.29 is 9.15 Å². The van der Waals surface area contributed by atoms with Crippen LogP contribution in [0.1, 0.15) is 11.1 Å². The van der Waals surface area contributed by atoms with E-state index in [1.54, 1.807) is 6.07 Å². The van der Waals surface area contributed by atoms with Gasteiger partial charge in [0.1, 0.15) is 17.9 Å². The van der Waals surface area contributed by atoms with E-state index in [-0.39, 0.29) is 5.63 Å². The summed E-state index contributed by atoms with van der Waals surface area (Å²) in [6, 6.07) is 26.2. The minimum atomic E-state index is -0.344. The maximum atomic E-state index is 11.6. The van der Waals surface area contributed by atoms with Crippen molar-refractivity contribution in [2.24, 2.45) is 0 Å². The number of benzene rings is 4. The van der Waals surface area contributed by atoms with Gasteiger partial charge in [0.05, 0.1) is 0 Å². The highest BCUT2D eigenvalue weighted by molar-refractivity contribution is 5.99. The van der Waals surface area contributed by atoms with Gasteiger partial charge < -0.3 is 9.15 Å². The molecule has 1 aromatic heterocycles. The fraction of sp³-hybridized carbons (Fsp3) is 0.0800. The molecule has 0 atom stereocenters. The molecule has 0 bridgehead atoms. The summed E-state index contributed by atoms with van der Waals surface area (Å²) in [6.07, 6.45) is 0. The van der Waals surface area contributed by atoms with Crippen LogP contribution in [0.4, 0.5) is 0 Å². The first kappa shape index (κ1) is 16.6. The van der Waals surface area contributed by atoms with Crippen molar-refractivity contribution in [3.8, 4) is 5.75 Å². The van der Waals surface area contributed by atoms with Crippen molar-refractivity contribution in [2.75, 3.05) is 0 Å². The molecular weight excluding hydrogens is 348 g/mol. The van der Waals surface area contributed by atoms with Gasteiger partial charge >= 0.3 is 5.63 Å². The highest BCUT2D eigenvalue weighted by Crippen LogP contribution is 2.27. The lowest BCUT2D eigenvalue weighted by Gasteiger charge is -2.11. The van der Waals surface area contributed by atoms with Gasteiger partial charge in [-0.25, -0.2) is 4.79 Å². The number of fused-ring (bicyclic) bond motifs is 3. The Balaban J connectivity index is 1.51. The van der Waals surface area contributed by atoms with Gasteiger partial charge in [-0.3, -0.25) is 0 Å². The van der Waals surface area contributed by atoms with Crippen LogP contribution in [0.2, 0.25) is 0 Å². The van der Waals surface area contributed by atoms with Crippen LogP contribution in [0, 0.1) is 6.92 Å². The summed E-state index contributed by atoms with van der Waals surface area (Å²) in [4.78, 5) is 11.6. The van der Waals surface area contributed by atoms with Crippen LogP contribution >= 0.6 is 0 Å². The van der Waals surface area contributed by atoms with Crippen LogP contribution in [-0.4, -0.2) is 0 Å². The van der Waals surface area contributed by atoms with Crippen molar-refractivity contribution in [3.05, 3.63) is 100 Å². The van der Waals surface area contributed by atoms with Crippen LogP contribution in [0.25, 0.3) is 32.5 Å². The molecule has 3 nitrogen and oxygen atoms in total. The van der Waals surface area contributed by atoms with Crippen molar-refractivity contribution in [1.29, 1.82) is 0 Å². The highest BCUT2D eigenvalue weighted by atomic mass is 16.5. The number of aryl methyl sites for hydroxylation is 1. The van der Waals surface area contributed by atoms with Crippen LogP contribution in [0.3, 0.4) is 0 Å². The fourth-order valence-corrected chi connectivity index (χ4v) is 3.71. The van der Waals surface area contributed by atoms with Gasteiger partial charge in [0.15, 0.2) is 0 Å². The van der Waals surface area contributed by atoms with Gasteiger partial charge in [0, 0.05) is 17.5 Å². The van der Waals surface area contributed by atoms with Gasteiger partial charge in [-0.15, -0.1) is 0 Å². The minimum absolute atomic E-state index is 0.344. The molecule has 4 aromatic carbocycles. The van der Waals surface area contributed by atoms with Crippen LogP contribution in [0.15, 0.2) is 88.1 Å². The summed E-state index contributed by atoms with van der Waals surface area (Å²) in [5.74, 6) is 0.680. The molecular formula is C25H18O3. The fourth-order valence-electron chi connectivity index (χ4n) is 3.71. The van der Waals surface area contributed by atoms with E-state index in [1.165, 1.54) is 27.6 Å². The van der Waals surface area contributed by atoms with Crippen molar-refractivity contribution in [1.82, 2.24) is 0 Å². The molecule has 5 rings (SSSR count). The van der Waals surface area contributed by atoms with Crippen LogP contribution < -0.4 is 10.4 Å². The number of rotatable bonds is 3. The molecule has 0 N–H and O–H groups in total. The molecule has 3 heteroatoms. The van der Waals surface area contributed by atoms with E-state index in [4.69, 9.17) is 9.15 Å². The van der Waals surface area contributed by atoms with E-state index in [0.717, 1.165) is 16.5 Å². The molecule has 5 aromatic rings. The van der Waals surface area contributed by atoms with Crippen LogP contribution in [0.5, 0.6) is 5.75 Å². The van der Waals surface area contributed by atoms with Crippen LogP contribution in [-0.2, 0) is 6.61 Å². The zero-order valence-corrected chi connectivity index (χ0v) is 15.4. The van der Waals surface area contributed by atoms with Crippen molar-refractivity contribution in [2.45, 2.75) is 13.5 Å². The van der Waals surface area contributed by atoms with Gasteiger partial charge in [-0.1, -0.05) is 42.5 Å². The Morgan fingerprint density at radius 2 is 1.57 bits per heavy atom. The molecule has 0 saturated carbocycles. The molecule has 0 radical (unpaired) electrons. The molecule has 0 saturated heterocycles. The third-order valence-electron chi connectivity index (χ3n) is 5.15. The first-order valence-electron chi connectivity index (χ1n) is 9.25. The highest BCUT2D eigenvalue weighted by Gasteiger charge is 2.07. The van der Waals surface area contributed by atoms with Crippen molar-refractivity contribution in [3.63, 3.8) is 0 Å². The monoisotopic (exact) mass is 366 g/mol. The Hall–Kier alpha value is -3.59. The molecule has 136 valence electrons. The van der Waals surface area contributed by atoms with Gasteiger partial charge in [0.25, 0.3) is 0 Å². The third-order valence-corrected chi connectivity index (χ3v) is 5.15. The normalized spacial score (nSPS) is 11.3. The Morgan fingerprint density at radius 1 is 0.786 bits per heavy atom. The second-order valence-electron chi connectivity index (χ2n) is 7.03. The quantitative estimate of drug-likeness (QED) is 0.291. The maximum absolute atomic E-state index is 11.6. The maximum Gasteiger partial charge on any atom is 0.336 e. The van der Waals surface area contributed by atoms with Gasteiger partial charge in [0.2, 0.25) is 0 Å². The molecule has 0 aliphatic carbocycles. The second kappa shape index (κ2) is 6.54. The zero-order valence-electron chi connectivity index (χ0n) is 15.4. The Morgan fingerprint density at radius 3 is 2.43 bits per heavy atom. The molecule has 1 heterocycles. The van der Waals surface area contributed by atoms with E-state index in [0.29, 0.717) is 17.9 Å². The summed E-state index contributed by atoms with van der Waals surface area (Å²) < 4.78 is 11.4. The lowest BCUT2D eigenvalue weighted by Crippen LogP contribution is -1.99. The Bertz CT molecular complexity index is 1400. The van der Waals surface area contributed by atoms with Gasteiger partial charge in [-0.05, 0) is 63.9 Å². The summed E-state index contributed by atoms with van der Waals surface area (Å²) in [7, 11) is 0. The predicted molar refractivity (Wildman–Crippen MR) is 113 cm³/mol. The lowest BCUT2D eigenvalue weighted by molar-refractivity contribution is 0.307. The summed E-state index contributed by atoms with van der Waals surface area (Å²) in [5, 5.41) is 5.74. The first-order valence-corrected chi connectivity index (χ1v) is 9.25. The van der Waals surface area contributed by atoms with E-state index in [1.807, 2.05) is 19.1 Å². The standard InChI is InChI=1S/C25H18O3/c1-16-11-25(26)28-24-14-21(9-10-22(16)24)27-15-20-8-4-7-19-12-17-5-2-3-6-18(17)13-23(19)20/h2-14H,15H2,1H3. The Labute approximate surface area is 161 Å². The molecule has 0 amide bonds. The van der Waals surface area contributed by atoms with E-state index in [9.17, 15) is 4.79 Å². The number of hydrogen-bond donors (Lipinski definition) is 0. The molecule has 28 heavy (non-hydrogen) atoms. The molecule has 0 fully saturated rings. The van der Waals surface area contributed by atoms with Gasteiger partial charge in [-0.2, -0.15) is 0 Å². The topological polar surface area (TPSA) is 39.4 Å². The minimum Gasteiger partial charge on any atom is -0.489 e. The largest absolute Gasteiger partial charge is 0.489 e. The zero-order chi connectivity index (χ0) is 19.1. The summed E-state index contributed by atoms with van der Waals surface area (Å²) in [5.41, 5.74) is 2.22. The molecule has 0 aliphatic rings.